The van der Waals surface area contributed by atoms with Crippen molar-refractivity contribution in [2.24, 2.45) is 0 Å². The number of aliphatic hydroxyl groups excluding tert-OH is 5. The van der Waals surface area contributed by atoms with Gasteiger partial charge < -0.3 is 35.4 Å². The molecular weight excluding hydrogens is 223 g/mol. The first-order valence-electron chi connectivity index (χ1n) is 3.39. The van der Waals surface area contributed by atoms with Crippen LogP contribution < -0.4 is 56.5 Å². The zero-order valence-corrected chi connectivity index (χ0v) is 11.0. The van der Waals surface area contributed by atoms with Gasteiger partial charge >= 0.3 is 51.4 Å². The predicted octanol–water partition coefficient (Wildman–Crippen LogP) is -7.57. The Kier molecular flexibility index (Phi) is 20.2. The number of aliphatic carboxylic acids is 1. The maximum Gasteiger partial charge on any atom is 1.00 e. The van der Waals surface area contributed by atoms with Gasteiger partial charge in [-0.3, -0.25) is 0 Å². The number of rotatable bonds is 4. The largest absolute Gasteiger partial charge is 1.00 e. The molecule has 0 bridgehead atoms. The second-order valence-corrected chi connectivity index (χ2v) is 2.04. The Labute approximate surface area is 123 Å². The number of hydrogen-bond donors (Lipinski definition) is 5. The van der Waals surface area contributed by atoms with E-state index in [0.717, 1.165) is 0 Å². The Morgan fingerprint density at radius 1 is 1.07 bits per heavy atom. The van der Waals surface area contributed by atoms with Gasteiger partial charge in [-0.2, -0.15) is 0 Å². The molecule has 0 amide bonds. The second kappa shape index (κ2) is 13.9. The molecule has 1 unspecified atom stereocenters. The molecule has 8 heteroatoms. The Morgan fingerprint density at radius 3 is 1.43 bits per heavy atom. The molecule has 0 fully saturated rings. The Morgan fingerprint density at radius 2 is 1.43 bits per heavy atom. The van der Waals surface area contributed by atoms with E-state index in [0.29, 0.717) is 0 Å². The minimum Gasteiger partial charge on any atom is -0.547 e. The molecule has 1 atom stereocenters. The van der Waals surface area contributed by atoms with Gasteiger partial charge in [-0.15, -0.1) is 0 Å². The van der Waals surface area contributed by atoms with Crippen molar-refractivity contribution in [2.75, 3.05) is 19.8 Å². The molecule has 0 aliphatic rings. The average molecular weight is 236 g/mol. The van der Waals surface area contributed by atoms with E-state index in [2.05, 4.69) is 0 Å². The van der Waals surface area contributed by atoms with E-state index >= 15 is 0 Å². The Hall–Kier alpha value is 0.906. The van der Waals surface area contributed by atoms with Crippen LogP contribution in [-0.2, 0) is 4.79 Å². The molecule has 14 heavy (non-hydrogen) atoms. The van der Waals surface area contributed by atoms with Crippen LogP contribution in [0.4, 0.5) is 0 Å². The summed E-state index contributed by atoms with van der Waals surface area (Å²) < 4.78 is 0. The monoisotopic (exact) mass is 236 g/mol. The van der Waals surface area contributed by atoms with Crippen LogP contribution >= 0.6 is 0 Å². The van der Waals surface area contributed by atoms with Gasteiger partial charge in [0.1, 0.15) is 12.2 Å². The van der Waals surface area contributed by atoms with Crippen molar-refractivity contribution < 1.29 is 86.8 Å². The molecule has 0 saturated carbocycles. The number of carbonyl (C=O) groups excluding carboxylic acids is 1. The summed E-state index contributed by atoms with van der Waals surface area (Å²) in [7, 11) is 0. The molecule has 0 aliphatic carbocycles. The molecule has 7 nitrogen and oxygen atoms in total. The van der Waals surface area contributed by atoms with E-state index in [-0.39, 0.29) is 64.6 Å². The fourth-order valence-electron chi connectivity index (χ4n) is 0.132. The van der Waals surface area contributed by atoms with Crippen LogP contribution in [0.25, 0.3) is 0 Å². The van der Waals surface area contributed by atoms with Crippen LogP contribution in [0.5, 0.6) is 0 Å². The molecule has 0 rings (SSSR count). The summed E-state index contributed by atoms with van der Waals surface area (Å²) in [6.07, 6.45) is -2.69. The van der Waals surface area contributed by atoms with Crippen molar-refractivity contribution in [1.82, 2.24) is 0 Å². The van der Waals surface area contributed by atoms with Crippen molar-refractivity contribution in [3.8, 4) is 0 Å². The third-order valence-corrected chi connectivity index (χ3v) is 0.867. The topological polar surface area (TPSA) is 141 Å². The van der Waals surface area contributed by atoms with Crippen LogP contribution in [0.3, 0.4) is 0 Å². The van der Waals surface area contributed by atoms with Gasteiger partial charge in [0, 0.05) is 0 Å². The number of aliphatic hydroxyl groups is 5. The summed E-state index contributed by atoms with van der Waals surface area (Å²) in [5.74, 6) is -1.65. The van der Waals surface area contributed by atoms with E-state index in [9.17, 15) is 9.90 Å². The molecule has 0 radical (unpaired) electrons. The maximum atomic E-state index is 9.41. The van der Waals surface area contributed by atoms with Gasteiger partial charge in [0.2, 0.25) is 0 Å². The van der Waals surface area contributed by atoms with Crippen molar-refractivity contribution in [3.05, 3.63) is 0 Å². The van der Waals surface area contributed by atoms with Gasteiger partial charge in [0.05, 0.1) is 25.8 Å². The minimum absolute atomic E-state index is 0. The first-order chi connectivity index (χ1) is 5.99. The maximum absolute atomic E-state index is 9.41. The van der Waals surface area contributed by atoms with Gasteiger partial charge in [-0.25, -0.2) is 0 Å². The fraction of sp³-hybridized carbons (Fsp3) is 0.833. The normalized spacial score (nSPS) is 11.0. The van der Waals surface area contributed by atoms with E-state index < -0.39 is 24.8 Å². The van der Waals surface area contributed by atoms with Crippen molar-refractivity contribution in [2.45, 2.75) is 12.2 Å². The first-order valence-corrected chi connectivity index (χ1v) is 3.39. The Balaban J connectivity index is -0.000000163. The third-order valence-electron chi connectivity index (χ3n) is 0.867. The van der Waals surface area contributed by atoms with E-state index in [1.165, 1.54) is 0 Å². The zero-order chi connectivity index (χ0) is 10.9. The van der Waals surface area contributed by atoms with Gasteiger partial charge in [-0.1, -0.05) is 0 Å². The molecule has 0 spiro atoms. The molecule has 80 valence electrons. The molecule has 0 heterocycles. The van der Waals surface area contributed by atoms with Crippen LogP contribution in [0.15, 0.2) is 0 Å². The van der Waals surface area contributed by atoms with Gasteiger partial charge in [-0.05, 0) is 0 Å². The van der Waals surface area contributed by atoms with Crippen LogP contribution in [-0.4, -0.2) is 63.5 Å². The Bertz CT molecular complexity index is 127. The molecule has 0 aromatic carbocycles. The number of carboxylic acids is 1. The second-order valence-electron chi connectivity index (χ2n) is 2.04. The molecule has 5 N–H and O–H groups in total. The number of carbonyl (C=O) groups is 1. The van der Waals surface area contributed by atoms with E-state index in [4.69, 9.17) is 25.5 Å². The van der Waals surface area contributed by atoms with Gasteiger partial charge in [0.25, 0.3) is 0 Å². The quantitative estimate of drug-likeness (QED) is 0.305. The molecule has 0 aromatic heterocycles. The third kappa shape index (κ3) is 15.4. The molecule has 0 saturated heterocycles. The summed E-state index contributed by atoms with van der Waals surface area (Å²) in [6.45, 7) is -1.52. The molecule has 0 aliphatic heterocycles. The molecular formula is C6H13KO7. The molecule has 0 aromatic rings. The summed E-state index contributed by atoms with van der Waals surface area (Å²) in [4.78, 5) is 9.41. The van der Waals surface area contributed by atoms with Crippen molar-refractivity contribution in [1.29, 1.82) is 0 Å². The number of carboxylic acid groups (broad SMARTS) is 1. The number of hydrogen-bond acceptors (Lipinski definition) is 7. The van der Waals surface area contributed by atoms with Crippen LogP contribution in [0, 0.1) is 0 Å². The smallest absolute Gasteiger partial charge is 0.547 e. The zero-order valence-electron chi connectivity index (χ0n) is 7.83. The average Bonchev–Trinajstić information content (AvgIpc) is 2.16. The van der Waals surface area contributed by atoms with Gasteiger partial charge in [0.15, 0.2) is 0 Å². The summed E-state index contributed by atoms with van der Waals surface area (Å²) in [5, 5.41) is 49.3. The van der Waals surface area contributed by atoms with Crippen LogP contribution in [0.1, 0.15) is 0 Å². The van der Waals surface area contributed by atoms with Crippen molar-refractivity contribution >= 4 is 5.97 Å². The summed E-state index contributed by atoms with van der Waals surface area (Å²) in [5.41, 5.74) is 0. The predicted molar refractivity (Wildman–Crippen MR) is 38.3 cm³/mol. The summed E-state index contributed by atoms with van der Waals surface area (Å²) >= 11 is 0. The van der Waals surface area contributed by atoms with E-state index in [1.54, 1.807) is 0 Å². The van der Waals surface area contributed by atoms with Crippen LogP contribution in [0.2, 0.25) is 0 Å². The first kappa shape index (κ1) is 20.3. The van der Waals surface area contributed by atoms with E-state index in [1.807, 2.05) is 0 Å². The fourth-order valence-corrected chi connectivity index (χ4v) is 0.132. The van der Waals surface area contributed by atoms with Crippen molar-refractivity contribution in [3.63, 3.8) is 0 Å². The minimum atomic E-state index is -1.74. The summed E-state index contributed by atoms with van der Waals surface area (Å²) in [6, 6.07) is 0. The SMILES string of the molecule is O=C([O-])C(O)CO.OCC(O)CO.[K+]. The standard InChI is InChI=1S/C3H6O4.C3H8O3.K/c4-1-2(5)3(6)7;4-1-3(6)2-5;/h2,4-5H,1H2,(H,6,7);3-6H,1-2H2;/q;;+1/p-1.